The molecule has 0 radical (unpaired) electrons. The minimum Gasteiger partial charge on any atom is -0.333 e. The number of benzene rings is 2. The third-order valence-electron chi connectivity index (χ3n) is 3.33. The van der Waals surface area contributed by atoms with E-state index in [0.717, 1.165) is 18.2 Å². The van der Waals surface area contributed by atoms with Crippen molar-refractivity contribution in [1.82, 2.24) is 0 Å². The average Bonchev–Trinajstić information content (AvgIpc) is 2.50. The number of halogens is 4. The molecule has 2 aromatic rings. The molecule has 0 unspecified atom stereocenters. The van der Waals surface area contributed by atoms with Crippen molar-refractivity contribution in [3.8, 4) is 0 Å². The van der Waals surface area contributed by atoms with Gasteiger partial charge in [0.2, 0.25) is 0 Å². The summed E-state index contributed by atoms with van der Waals surface area (Å²) in [6, 6.07) is 7.04. The number of carbonyl (C=O) groups excluding carboxylic acids is 1. The number of quaternary nitrogens is 1. The van der Waals surface area contributed by atoms with Crippen LogP contribution in [0.5, 0.6) is 0 Å². The molecule has 0 bridgehead atoms. The van der Waals surface area contributed by atoms with Crippen molar-refractivity contribution < 1.29 is 23.3 Å². The second-order valence-electron chi connectivity index (χ2n) is 5.07. The molecule has 0 aliphatic rings. The smallest absolute Gasteiger partial charge is 0.279 e. The summed E-state index contributed by atoms with van der Waals surface area (Å²) < 4.78 is 39.0. The van der Waals surface area contributed by atoms with E-state index >= 15 is 0 Å². The summed E-state index contributed by atoms with van der Waals surface area (Å²) in [5, 5.41) is 4.33. The van der Waals surface area contributed by atoms with Crippen LogP contribution < -0.4 is 10.6 Å². The minimum absolute atomic E-state index is 0.0495. The molecular formula is C16H15ClF3N2O+. The third kappa shape index (κ3) is 4.71. The van der Waals surface area contributed by atoms with E-state index in [1.165, 1.54) is 18.2 Å². The van der Waals surface area contributed by atoms with Gasteiger partial charge in [0.1, 0.15) is 11.9 Å². The van der Waals surface area contributed by atoms with Gasteiger partial charge in [-0.25, -0.2) is 13.2 Å². The fourth-order valence-electron chi connectivity index (χ4n) is 2.01. The fraction of sp³-hybridized carbons (Fsp3) is 0.188. The molecule has 7 heteroatoms. The highest BCUT2D eigenvalue weighted by Crippen LogP contribution is 2.22. The highest BCUT2D eigenvalue weighted by molar-refractivity contribution is 6.33. The van der Waals surface area contributed by atoms with Crippen molar-refractivity contribution in [3.05, 3.63) is 64.4 Å². The molecule has 0 aliphatic carbocycles. The largest absolute Gasteiger partial charge is 0.333 e. The molecule has 122 valence electrons. The van der Waals surface area contributed by atoms with Crippen LogP contribution in [0, 0.1) is 17.5 Å². The monoisotopic (exact) mass is 343 g/mol. The van der Waals surface area contributed by atoms with Crippen LogP contribution >= 0.6 is 11.6 Å². The number of carbonyl (C=O) groups is 1. The maximum atomic E-state index is 13.2. The van der Waals surface area contributed by atoms with Crippen molar-refractivity contribution >= 4 is 23.2 Å². The van der Waals surface area contributed by atoms with Crippen molar-refractivity contribution in [2.45, 2.75) is 13.0 Å². The molecule has 0 heterocycles. The van der Waals surface area contributed by atoms with Gasteiger partial charge in [0.05, 0.1) is 10.7 Å². The Balaban J connectivity index is 1.91. The number of amides is 1. The molecule has 1 amide bonds. The SMILES string of the molecule is C[C@@H]([NH2+]CC(=O)Nc1ccc(F)cc1Cl)c1ccc(F)c(F)c1. The van der Waals surface area contributed by atoms with Crippen LogP contribution in [0.15, 0.2) is 36.4 Å². The average molecular weight is 344 g/mol. The molecule has 3 N–H and O–H groups in total. The molecule has 2 rings (SSSR count). The minimum atomic E-state index is -0.926. The van der Waals surface area contributed by atoms with Crippen LogP contribution in [0.25, 0.3) is 0 Å². The van der Waals surface area contributed by atoms with E-state index in [4.69, 9.17) is 11.6 Å². The zero-order valence-corrected chi connectivity index (χ0v) is 13.0. The summed E-state index contributed by atoms with van der Waals surface area (Å²) in [4.78, 5) is 11.9. The van der Waals surface area contributed by atoms with Gasteiger partial charge in [0.25, 0.3) is 5.91 Å². The molecule has 23 heavy (non-hydrogen) atoms. The van der Waals surface area contributed by atoms with Gasteiger partial charge in [0, 0.05) is 5.56 Å². The van der Waals surface area contributed by atoms with Gasteiger partial charge in [-0.3, -0.25) is 4.79 Å². The van der Waals surface area contributed by atoms with Crippen molar-refractivity contribution in [3.63, 3.8) is 0 Å². The topological polar surface area (TPSA) is 45.7 Å². The van der Waals surface area contributed by atoms with E-state index < -0.39 is 17.5 Å². The summed E-state index contributed by atoms with van der Waals surface area (Å²) in [5.41, 5.74) is 0.878. The Bertz CT molecular complexity index is 724. The summed E-state index contributed by atoms with van der Waals surface area (Å²) in [6.07, 6.45) is 0. The van der Waals surface area contributed by atoms with Crippen LogP contribution in [0.1, 0.15) is 18.5 Å². The van der Waals surface area contributed by atoms with Crippen molar-refractivity contribution in [2.24, 2.45) is 0 Å². The van der Waals surface area contributed by atoms with E-state index in [1.807, 2.05) is 0 Å². The highest BCUT2D eigenvalue weighted by Gasteiger charge is 2.14. The zero-order chi connectivity index (χ0) is 17.0. The first-order chi connectivity index (χ1) is 10.9. The van der Waals surface area contributed by atoms with Gasteiger partial charge < -0.3 is 10.6 Å². The number of nitrogens with two attached hydrogens (primary N) is 1. The van der Waals surface area contributed by atoms with Gasteiger partial charge in [-0.15, -0.1) is 0 Å². The highest BCUT2D eigenvalue weighted by atomic mass is 35.5. The predicted molar refractivity (Wildman–Crippen MR) is 81.6 cm³/mol. The van der Waals surface area contributed by atoms with Crippen LogP contribution in [-0.4, -0.2) is 12.5 Å². The van der Waals surface area contributed by atoms with Gasteiger partial charge in [0.15, 0.2) is 18.2 Å². The van der Waals surface area contributed by atoms with E-state index in [1.54, 1.807) is 12.2 Å². The van der Waals surface area contributed by atoms with Crippen LogP contribution in [0.4, 0.5) is 18.9 Å². The second-order valence-corrected chi connectivity index (χ2v) is 5.48. The Morgan fingerprint density at radius 2 is 1.91 bits per heavy atom. The molecule has 0 saturated carbocycles. The van der Waals surface area contributed by atoms with Crippen LogP contribution in [0.2, 0.25) is 5.02 Å². The lowest BCUT2D eigenvalue weighted by molar-refractivity contribution is -0.682. The molecular weight excluding hydrogens is 329 g/mol. The fourth-order valence-corrected chi connectivity index (χ4v) is 2.22. The Labute approximate surface area is 136 Å². The first-order valence-electron chi connectivity index (χ1n) is 6.90. The quantitative estimate of drug-likeness (QED) is 0.861. The maximum absolute atomic E-state index is 13.2. The molecule has 0 saturated heterocycles. The van der Waals surface area contributed by atoms with Crippen molar-refractivity contribution in [2.75, 3.05) is 11.9 Å². The first-order valence-corrected chi connectivity index (χ1v) is 7.28. The van der Waals surface area contributed by atoms with Gasteiger partial charge >= 0.3 is 0 Å². The van der Waals surface area contributed by atoms with Gasteiger partial charge in [-0.2, -0.15) is 0 Å². The van der Waals surface area contributed by atoms with Gasteiger partial charge in [-0.1, -0.05) is 11.6 Å². The number of hydrogen-bond donors (Lipinski definition) is 2. The Morgan fingerprint density at radius 1 is 1.17 bits per heavy atom. The van der Waals surface area contributed by atoms with E-state index in [-0.39, 0.29) is 23.5 Å². The number of anilines is 1. The lowest BCUT2D eigenvalue weighted by Crippen LogP contribution is -2.86. The number of rotatable bonds is 5. The molecule has 0 spiro atoms. The van der Waals surface area contributed by atoms with Gasteiger partial charge in [-0.05, 0) is 43.3 Å². The van der Waals surface area contributed by atoms with E-state index in [0.29, 0.717) is 11.3 Å². The second kappa shape index (κ2) is 7.48. The van der Waals surface area contributed by atoms with E-state index in [2.05, 4.69) is 5.32 Å². The Kier molecular flexibility index (Phi) is 5.63. The molecule has 0 fully saturated rings. The first kappa shape index (κ1) is 17.3. The molecule has 0 aliphatic heterocycles. The molecule has 2 aromatic carbocycles. The maximum Gasteiger partial charge on any atom is 0.279 e. The summed E-state index contributed by atoms with van der Waals surface area (Å²) in [7, 11) is 0. The molecule has 0 aromatic heterocycles. The number of hydrogen-bond acceptors (Lipinski definition) is 1. The Hall–Kier alpha value is -2.05. The normalized spacial score (nSPS) is 12.0. The summed E-state index contributed by atoms with van der Waals surface area (Å²) >= 11 is 5.82. The van der Waals surface area contributed by atoms with E-state index in [9.17, 15) is 18.0 Å². The van der Waals surface area contributed by atoms with Crippen LogP contribution in [0.3, 0.4) is 0 Å². The third-order valence-corrected chi connectivity index (χ3v) is 3.64. The van der Waals surface area contributed by atoms with Crippen molar-refractivity contribution in [1.29, 1.82) is 0 Å². The summed E-state index contributed by atoms with van der Waals surface area (Å²) in [6.45, 7) is 1.82. The lowest BCUT2D eigenvalue weighted by atomic mass is 10.1. The summed E-state index contributed by atoms with van der Waals surface area (Å²) in [5.74, 6) is -2.67. The standard InChI is InChI=1S/C16H14ClF3N2O/c1-9(10-2-4-13(19)14(20)6-10)21-8-16(23)22-15-5-3-11(18)7-12(15)17/h2-7,9,21H,8H2,1H3,(H,22,23)/p+1/t9-/m1/s1. The molecule has 3 nitrogen and oxygen atoms in total. The molecule has 1 atom stereocenters. The van der Waals surface area contributed by atoms with Crippen LogP contribution in [-0.2, 0) is 4.79 Å². The number of nitrogens with one attached hydrogen (secondary N) is 1. The lowest BCUT2D eigenvalue weighted by Gasteiger charge is -2.12. The zero-order valence-electron chi connectivity index (χ0n) is 12.2. The predicted octanol–water partition coefficient (Wildman–Crippen LogP) is 3.02. The Morgan fingerprint density at radius 3 is 2.57 bits per heavy atom.